The molecule has 2 aromatic heterocycles. The van der Waals surface area contributed by atoms with Crippen molar-refractivity contribution >= 4 is 46.2 Å². The Labute approximate surface area is 177 Å². The Morgan fingerprint density at radius 1 is 1.03 bits per heavy atom. The van der Waals surface area contributed by atoms with Gasteiger partial charge in [0.25, 0.3) is 0 Å². The van der Waals surface area contributed by atoms with Crippen LogP contribution in [0.3, 0.4) is 0 Å². The summed E-state index contributed by atoms with van der Waals surface area (Å²) in [4.78, 5) is 44.0. The van der Waals surface area contributed by atoms with E-state index < -0.39 is 5.91 Å². The highest BCUT2D eigenvalue weighted by Crippen LogP contribution is 2.30. The summed E-state index contributed by atoms with van der Waals surface area (Å²) in [5.41, 5.74) is 2.88. The fourth-order valence-corrected chi connectivity index (χ4v) is 3.32. The Balaban J connectivity index is 1.71. The number of nitrogens with one attached hydrogen (secondary N) is 2. The lowest BCUT2D eigenvalue weighted by molar-refractivity contribution is -0.119. The number of hydrogen-bond acceptors (Lipinski definition) is 6. The number of carbonyl (C=O) groups is 3. The molecule has 154 valence electrons. The van der Waals surface area contributed by atoms with E-state index in [1.165, 1.54) is 6.33 Å². The molecule has 0 saturated carbocycles. The van der Waals surface area contributed by atoms with Gasteiger partial charge in [-0.05, 0) is 18.2 Å². The minimum Gasteiger partial charge on any atom is -0.339 e. The summed E-state index contributed by atoms with van der Waals surface area (Å²) in [5.74, 6) is -0.0458. The number of ketones is 1. The van der Waals surface area contributed by atoms with Crippen molar-refractivity contribution in [3.63, 3.8) is 0 Å². The minimum absolute atomic E-state index is 0.126. The number of rotatable bonds is 7. The Hall–Kier alpha value is -4.33. The minimum atomic E-state index is -0.393. The second-order valence-electron chi connectivity index (χ2n) is 6.89. The monoisotopic (exact) mass is 413 g/mol. The average Bonchev–Trinajstić information content (AvgIpc) is 3.12. The van der Waals surface area contributed by atoms with E-state index in [2.05, 4.69) is 20.6 Å². The van der Waals surface area contributed by atoms with E-state index in [4.69, 9.17) is 0 Å². The molecular weight excluding hydrogens is 394 g/mol. The summed E-state index contributed by atoms with van der Waals surface area (Å²) in [6.45, 7) is 0. The highest BCUT2D eigenvalue weighted by Gasteiger charge is 2.20. The number of fused-ring (bicyclic) bond motifs is 1. The molecule has 0 saturated heterocycles. The first kappa shape index (κ1) is 20.0. The first-order valence-electron chi connectivity index (χ1n) is 9.57. The maximum Gasteiger partial charge on any atom is 0.231 e. The van der Waals surface area contributed by atoms with Gasteiger partial charge >= 0.3 is 0 Å². The van der Waals surface area contributed by atoms with Gasteiger partial charge < -0.3 is 20.0 Å². The lowest BCUT2D eigenvalue weighted by Crippen LogP contribution is -2.11. The molecule has 8 nitrogen and oxygen atoms in total. The number of nitrogens with zero attached hydrogens (tertiary/aromatic N) is 3. The second kappa shape index (κ2) is 8.58. The standard InChI is InChI=1S/C23H19N5O3/c1-28-13-18(21(31)15-6-3-2-4-7-15)20-22(24-14-25-23(20)28)27-17-9-5-8-16(12-17)26-19(30)10-11-29/h2-9,11-14H,10H2,1H3,(H,26,30)(H,24,25,27). The van der Waals surface area contributed by atoms with E-state index in [0.29, 0.717) is 45.6 Å². The molecule has 4 aromatic rings. The molecule has 2 N–H and O–H groups in total. The van der Waals surface area contributed by atoms with Crippen molar-refractivity contribution in [2.24, 2.45) is 7.05 Å². The van der Waals surface area contributed by atoms with E-state index >= 15 is 0 Å². The molecule has 2 heterocycles. The molecule has 0 bridgehead atoms. The molecule has 0 radical (unpaired) electrons. The number of aromatic nitrogens is 3. The first-order chi connectivity index (χ1) is 15.1. The van der Waals surface area contributed by atoms with Crippen LogP contribution in [0.2, 0.25) is 0 Å². The zero-order valence-electron chi connectivity index (χ0n) is 16.7. The molecule has 0 aliphatic heterocycles. The molecule has 0 aliphatic carbocycles. The zero-order valence-corrected chi connectivity index (χ0v) is 16.7. The van der Waals surface area contributed by atoms with Crippen LogP contribution in [0.1, 0.15) is 22.3 Å². The maximum atomic E-state index is 13.1. The highest BCUT2D eigenvalue weighted by molar-refractivity contribution is 6.18. The van der Waals surface area contributed by atoms with Gasteiger partial charge in [-0.3, -0.25) is 9.59 Å². The van der Waals surface area contributed by atoms with Crippen molar-refractivity contribution in [3.05, 3.63) is 78.2 Å². The fraction of sp³-hybridized carbons (Fsp3) is 0.0870. The molecular formula is C23H19N5O3. The normalized spacial score (nSPS) is 10.6. The number of benzene rings is 2. The summed E-state index contributed by atoms with van der Waals surface area (Å²) >= 11 is 0. The highest BCUT2D eigenvalue weighted by atomic mass is 16.2. The number of hydrogen-bond donors (Lipinski definition) is 2. The smallest absolute Gasteiger partial charge is 0.231 e. The van der Waals surface area contributed by atoms with Crippen LogP contribution in [0.25, 0.3) is 11.0 Å². The summed E-state index contributed by atoms with van der Waals surface area (Å²) in [7, 11) is 1.82. The van der Waals surface area contributed by atoms with Gasteiger partial charge in [0.15, 0.2) is 5.78 Å². The van der Waals surface area contributed by atoms with Crippen molar-refractivity contribution in [1.29, 1.82) is 0 Å². The zero-order chi connectivity index (χ0) is 21.8. The maximum absolute atomic E-state index is 13.1. The second-order valence-corrected chi connectivity index (χ2v) is 6.89. The summed E-state index contributed by atoms with van der Waals surface area (Å²) in [5, 5.41) is 6.48. The number of aryl methyl sites for hydroxylation is 1. The van der Waals surface area contributed by atoms with Crippen molar-refractivity contribution in [3.8, 4) is 0 Å². The largest absolute Gasteiger partial charge is 0.339 e. The van der Waals surface area contributed by atoms with Crippen LogP contribution in [0.5, 0.6) is 0 Å². The topological polar surface area (TPSA) is 106 Å². The summed E-state index contributed by atoms with van der Waals surface area (Å²) in [6.07, 6.45) is 3.52. The third-order valence-electron chi connectivity index (χ3n) is 4.71. The van der Waals surface area contributed by atoms with Crippen LogP contribution in [0, 0.1) is 0 Å². The van der Waals surface area contributed by atoms with Crippen LogP contribution < -0.4 is 10.6 Å². The molecule has 2 aromatic carbocycles. The summed E-state index contributed by atoms with van der Waals surface area (Å²) in [6, 6.07) is 16.0. The molecule has 0 fully saturated rings. The predicted molar refractivity (Wildman–Crippen MR) is 117 cm³/mol. The van der Waals surface area contributed by atoms with Crippen LogP contribution in [0.15, 0.2) is 67.1 Å². The Morgan fingerprint density at radius 3 is 2.58 bits per heavy atom. The Kier molecular flexibility index (Phi) is 5.53. The number of aldehydes is 1. The van der Waals surface area contributed by atoms with Crippen molar-refractivity contribution in [2.45, 2.75) is 6.42 Å². The van der Waals surface area contributed by atoms with E-state index in [1.54, 1.807) is 41.1 Å². The third-order valence-corrected chi connectivity index (χ3v) is 4.71. The number of anilines is 3. The van der Waals surface area contributed by atoms with Crippen LogP contribution in [0.4, 0.5) is 17.2 Å². The molecule has 8 heteroatoms. The van der Waals surface area contributed by atoms with Gasteiger partial charge in [0.1, 0.15) is 24.1 Å². The molecule has 4 rings (SSSR count). The fourth-order valence-electron chi connectivity index (χ4n) is 3.32. The van der Waals surface area contributed by atoms with Gasteiger partial charge in [0.05, 0.1) is 17.4 Å². The van der Waals surface area contributed by atoms with Crippen molar-refractivity contribution in [1.82, 2.24) is 14.5 Å². The predicted octanol–water partition coefficient (Wildman–Crippen LogP) is 3.47. The average molecular weight is 413 g/mol. The quantitative estimate of drug-likeness (QED) is 0.273. The Bertz CT molecular complexity index is 1280. The Morgan fingerprint density at radius 2 is 1.81 bits per heavy atom. The van der Waals surface area contributed by atoms with Crippen LogP contribution >= 0.6 is 0 Å². The lowest BCUT2D eigenvalue weighted by atomic mass is 10.0. The van der Waals surface area contributed by atoms with Gasteiger partial charge in [-0.15, -0.1) is 0 Å². The van der Waals surface area contributed by atoms with Crippen molar-refractivity contribution < 1.29 is 14.4 Å². The van der Waals surface area contributed by atoms with Crippen molar-refractivity contribution in [2.75, 3.05) is 10.6 Å². The van der Waals surface area contributed by atoms with Gasteiger partial charge in [-0.1, -0.05) is 36.4 Å². The van der Waals surface area contributed by atoms with Gasteiger partial charge in [-0.25, -0.2) is 9.97 Å². The first-order valence-corrected chi connectivity index (χ1v) is 9.57. The van der Waals surface area contributed by atoms with E-state index in [9.17, 15) is 14.4 Å². The van der Waals surface area contributed by atoms with E-state index in [1.807, 2.05) is 31.3 Å². The van der Waals surface area contributed by atoms with Crippen LogP contribution in [-0.2, 0) is 16.6 Å². The summed E-state index contributed by atoms with van der Waals surface area (Å²) < 4.78 is 1.79. The third kappa shape index (κ3) is 4.18. The molecule has 0 aliphatic rings. The van der Waals surface area contributed by atoms with Gasteiger partial charge in [0, 0.05) is 30.2 Å². The molecule has 1 amide bonds. The molecule has 0 spiro atoms. The van der Waals surface area contributed by atoms with Gasteiger partial charge in [0.2, 0.25) is 5.91 Å². The number of carbonyl (C=O) groups excluding carboxylic acids is 3. The SMILES string of the molecule is Cn1cc(C(=O)c2ccccc2)c2c(Nc3cccc(NC(=O)CC=O)c3)ncnc21. The van der Waals surface area contributed by atoms with E-state index in [-0.39, 0.29) is 12.2 Å². The van der Waals surface area contributed by atoms with E-state index in [0.717, 1.165) is 0 Å². The van der Waals surface area contributed by atoms with Gasteiger partial charge in [-0.2, -0.15) is 0 Å². The molecule has 0 unspecified atom stereocenters. The molecule has 0 atom stereocenters. The molecule has 31 heavy (non-hydrogen) atoms. The number of amides is 1. The lowest BCUT2D eigenvalue weighted by Gasteiger charge is -2.10. The van der Waals surface area contributed by atoms with Crippen LogP contribution in [-0.4, -0.2) is 32.5 Å².